The number of carbonyl (C=O) groups excluding carboxylic acids is 2. The fourth-order valence-electron chi connectivity index (χ4n) is 3.47. The SMILES string of the molecule is CCc1c(NC(=O)c2cc(C(N)=O)nc3ccccc23)nbn1Cc1ccc(F)cc1. The molecule has 0 aliphatic rings. The Hall–Kier alpha value is -3.88. The van der Waals surface area contributed by atoms with Gasteiger partial charge in [-0.1, -0.05) is 0 Å². The average molecular weight is 415 g/mol. The Morgan fingerprint density at radius 1 is 1.16 bits per heavy atom. The first-order valence-corrected chi connectivity index (χ1v) is 9.75. The maximum absolute atomic E-state index is 13.2. The zero-order chi connectivity index (χ0) is 22.0. The van der Waals surface area contributed by atoms with Crippen LogP contribution in [0.5, 0.6) is 0 Å². The zero-order valence-corrected chi connectivity index (χ0v) is 16.8. The van der Waals surface area contributed by atoms with Gasteiger partial charge in [0.2, 0.25) is 0 Å². The third-order valence-corrected chi connectivity index (χ3v) is 4.99. The number of fused-ring (bicyclic) bond motifs is 1. The molecule has 31 heavy (non-hydrogen) atoms. The summed E-state index contributed by atoms with van der Waals surface area (Å²) < 4.78 is 15.1. The van der Waals surface area contributed by atoms with Crippen LogP contribution < -0.4 is 11.1 Å². The normalized spacial score (nSPS) is 10.8. The molecule has 0 bridgehead atoms. The van der Waals surface area contributed by atoms with Crippen LogP contribution in [0.15, 0.2) is 54.6 Å². The van der Waals surface area contributed by atoms with Crippen molar-refractivity contribution in [2.45, 2.75) is 19.9 Å². The first kappa shape index (κ1) is 20.4. The van der Waals surface area contributed by atoms with Crippen molar-refractivity contribution in [1.82, 2.24) is 14.3 Å². The summed E-state index contributed by atoms with van der Waals surface area (Å²) in [5.41, 5.74) is 7.93. The van der Waals surface area contributed by atoms with E-state index < -0.39 is 11.8 Å². The summed E-state index contributed by atoms with van der Waals surface area (Å²) in [5, 5.41) is 3.45. The monoisotopic (exact) mass is 415 g/mol. The second kappa shape index (κ2) is 8.47. The number of hydrogen-bond donors (Lipinski definition) is 2. The van der Waals surface area contributed by atoms with E-state index in [-0.39, 0.29) is 17.1 Å². The van der Waals surface area contributed by atoms with Crippen molar-refractivity contribution in [1.29, 1.82) is 0 Å². The number of nitrogens with two attached hydrogens (primary N) is 1. The molecule has 0 aliphatic carbocycles. The fourth-order valence-corrected chi connectivity index (χ4v) is 3.47. The van der Waals surface area contributed by atoms with Gasteiger partial charge in [0.1, 0.15) is 0 Å². The van der Waals surface area contributed by atoms with Crippen LogP contribution in [0, 0.1) is 5.82 Å². The molecular weight excluding hydrogens is 396 g/mol. The number of pyridine rings is 1. The molecule has 0 fully saturated rings. The summed E-state index contributed by atoms with van der Waals surface area (Å²) >= 11 is 0. The number of amides is 2. The van der Waals surface area contributed by atoms with Gasteiger partial charge in [-0.05, 0) is 0 Å². The number of aromatic nitrogens is 3. The predicted molar refractivity (Wildman–Crippen MR) is 117 cm³/mol. The Morgan fingerprint density at radius 2 is 1.90 bits per heavy atom. The van der Waals surface area contributed by atoms with E-state index in [9.17, 15) is 14.0 Å². The average Bonchev–Trinajstić information content (AvgIpc) is 3.15. The standard InChI is InChI=1S/C22H19BFN5O2/c1-2-19-21(28-23-29(19)12-13-7-9-14(24)10-8-13)27-22(31)16-11-18(20(25)30)26-17-6-4-3-5-15(16)17/h3-11H,2,12H2,1H3,(H2,25,30)(H,27,31). The molecule has 0 aliphatic heterocycles. The summed E-state index contributed by atoms with van der Waals surface area (Å²) in [7, 11) is 1.64. The molecule has 0 saturated carbocycles. The molecule has 4 rings (SSSR count). The third kappa shape index (κ3) is 4.21. The van der Waals surface area contributed by atoms with Gasteiger partial charge in [-0.2, -0.15) is 0 Å². The Morgan fingerprint density at radius 3 is 2.61 bits per heavy atom. The van der Waals surface area contributed by atoms with E-state index in [1.807, 2.05) is 11.4 Å². The molecule has 2 amide bonds. The molecule has 0 spiro atoms. The molecule has 0 radical (unpaired) electrons. The van der Waals surface area contributed by atoms with Crippen molar-refractivity contribution in [3.8, 4) is 0 Å². The summed E-state index contributed by atoms with van der Waals surface area (Å²) in [6.45, 7) is 2.46. The number of anilines is 1. The van der Waals surface area contributed by atoms with Gasteiger partial charge >= 0.3 is 178 Å². The first-order valence-electron chi connectivity index (χ1n) is 9.75. The predicted octanol–water partition coefficient (Wildman–Crippen LogP) is 2.87. The van der Waals surface area contributed by atoms with E-state index in [0.717, 1.165) is 11.3 Å². The molecule has 0 saturated heterocycles. The molecule has 3 N–H and O–H groups in total. The van der Waals surface area contributed by atoms with E-state index in [4.69, 9.17) is 5.73 Å². The number of para-hydroxylation sites is 1. The summed E-state index contributed by atoms with van der Waals surface area (Å²) in [6, 6.07) is 14.7. The van der Waals surface area contributed by atoms with Crippen molar-refractivity contribution < 1.29 is 14.0 Å². The Bertz CT molecular complexity index is 1290. The third-order valence-electron chi connectivity index (χ3n) is 4.99. The zero-order valence-electron chi connectivity index (χ0n) is 16.8. The first-order chi connectivity index (χ1) is 15.0. The molecule has 2 aromatic heterocycles. The van der Waals surface area contributed by atoms with E-state index >= 15 is 0 Å². The molecule has 4 aromatic rings. The van der Waals surface area contributed by atoms with Crippen molar-refractivity contribution in [2.75, 3.05) is 5.32 Å². The number of benzene rings is 2. The molecular formula is C22H19BFN5O2. The topological polar surface area (TPSA) is 103 Å². The van der Waals surface area contributed by atoms with Crippen LogP contribution in [0.4, 0.5) is 10.2 Å². The van der Waals surface area contributed by atoms with E-state index in [1.165, 1.54) is 18.2 Å². The van der Waals surface area contributed by atoms with Gasteiger partial charge in [0.15, 0.2) is 0 Å². The number of rotatable bonds is 6. The van der Waals surface area contributed by atoms with Gasteiger partial charge < -0.3 is 0 Å². The van der Waals surface area contributed by atoms with E-state index in [1.54, 1.807) is 43.6 Å². The van der Waals surface area contributed by atoms with Crippen LogP contribution in [0.3, 0.4) is 0 Å². The number of nitrogens with zero attached hydrogens (tertiary/aromatic N) is 3. The number of carbonyl (C=O) groups is 2. The quantitative estimate of drug-likeness (QED) is 0.506. The number of nitrogens with one attached hydrogen (secondary N) is 1. The minimum atomic E-state index is -0.711. The van der Waals surface area contributed by atoms with Crippen LogP contribution in [0.2, 0.25) is 0 Å². The van der Waals surface area contributed by atoms with Gasteiger partial charge in [-0.3, -0.25) is 0 Å². The molecule has 0 unspecified atom stereocenters. The molecule has 9 heteroatoms. The molecule has 2 heterocycles. The Kier molecular flexibility index (Phi) is 5.57. The van der Waals surface area contributed by atoms with Gasteiger partial charge in [0.25, 0.3) is 0 Å². The van der Waals surface area contributed by atoms with E-state index in [2.05, 4.69) is 15.2 Å². The van der Waals surface area contributed by atoms with Crippen molar-refractivity contribution in [3.63, 3.8) is 0 Å². The van der Waals surface area contributed by atoms with Gasteiger partial charge in [-0.15, -0.1) is 0 Å². The minimum absolute atomic E-state index is 0.0152. The molecule has 7 nitrogen and oxygen atoms in total. The summed E-state index contributed by atoms with van der Waals surface area (Å²) in [6.07, 6.45) is 0.625. The number of halogens is 1. The van der Waals surface area contributed by atoms with Crippen LogP contribution in [-0.2, 0) is 13.0 Å². The molecule has 2 aromatic carbocycles. The van der Waals surface area contributed by atoms with Gasteiger partial charge in [-0.25, -0.2) is 0 Å². The molecule has 0 atom stereocenters. The Balaban J connectivity index is 1.65. The maximum atomic E-state index is 13.2. The number of hydrogen-bond acceptors (Lipinski definition) is 4. The van der Waals surface area contributed by atoms with Crippen molar-refractivity contribution >= 4 is 35.7 Å². The summed E-state index contributed by atoms with van der Waals surface area (Å²) in [5.74, 6) is -0.991. The van der Waals surface area contributed by atoms with Gasteiger partial charge in [0.05, 0.1) is 0 Å². The van der Waals surface area contributed by atoms with Crippen molar-refractivity contribution in [3.05, 3.63) is 82.9 Å². The second-order valence-electron chi connectivity index (χ2n) is 7.04. The van der Waals surface area contributed by atoms with Crippen molar-refractivity contribution in [2.24, 2.45) is 5.73 Å². The van der Waals surface area contributed by atoms with Crippen LogP contribution >= 0.6 is 0 Å². The fraction of sp³-hybridized carbons (Fsp3) is 0.136. The van der Waals surface area contributed by atoms with Crippen LogP contribution in [0.25, 0.3) is 10.9 Å². The van der Waals surface area contributed by atoms with Crippen LogP contribution in [0.1, 0.15) is 39.0 Å². The Labute approximate surface area is 178 Å². The number of primary amides is 1. The van der Waals surface area contributed by atoms with Gasteiger partial charge in [0, 0.05) is 0 Å². The second-order valence-corrected chi connectivity index (χ2v) is 7.04. The van der Waals surface area contributed by atoms with Crippen LogP contribution in [-0.4, -0.2) is 33.4 Å². The van der Waals surface area contributed by atoms with E-state index in [0.29, 0.717) is 29.7 Å². The summed E-state index contributed by atoms with van der Waals surface area (Å²) in [4.78, 5) is 33.3. The molecule has 154 valence electrons.